The Morgan fingerprint density at radius 1 is 0.712 bits per heavy atom. The minimum absolute atomic E-state index is 0.125. The van der Waals surface area contributed by atoms with Crippen LogP contribution in [0.3, 0.4) is 0 Å². The first-order valence-electron chi connectivity index (χ1n) is 20.2. The summed E-state index contributed by atoms with van der Waals surface area (Å²) in [5.74, 6) is -0.250. The van der Waals surface area contributed by atoms with E-state index in [2.05, 4.69) is 105 Å². The lowest BCUT2D eigenvalue weighted by Crippen LogP contribution is -2.36. The van der Waals surface area contributed by atoms with E-state index in [1.54, 1.807) is 23.1 Å². The molecule has 0 atom stereocenters. The number of halogens is 2. The van der Waals surface area contributed by atoms with Crippen LogP contribution in [0.4, 0.5) is 5.69 Å². The molecule has 0 saturated heterocycles. The van der Waals surface area contributed by atoms with Crippen molar-refractivity contribution in [2.75, 3.05) is 11.4 Å². The van der Waals surface area contributed by atoms with Gasteiger partial charge in [0.25, 0.3) is 5.01 Å². The number of thioether (sulfide) groups is 1. The number of allylic oxidation sites excluding steroid dienone is 3. The molecular weight excluding hydrogens is 906 g/mol. The molecule has 282 valence electrons. The number of anilines is 1. The van der Waals surface area contributed by atoms with E-state index in [0.29, 0.717) is 11.1 Å². The number of benzene rings is 2. The lowest BCUT2D eigenvalue weighted by atomic mass is 9.88. The third kappa shape index (κ3) is 11.8. The second-order valence-corrected chi connectivity index (χ2v) is 19.2. The fourth-order valence-electron chi connectivity index (χ4n) is 7.29. The number of hydrogen-bond donors (Lipinski definition) is 0. The first kappa shape index (κ1) is 41.8. The molecule has 52 heavy (non-hydrogen) atoms. The second-order valence-electron chi connectivity index (χ2n) is 14.5. The number of unbranched alkanes of at least 4 members (excludes halogenated alkanes) is 18. The van der Waals surface area contributed by atoms with Crippen molar-refractivity contribution in [3.8, 4) is 0 Å². The van der Waals surface area contributed by atoms with E-state index in [1.807, 2.05) is 12.2 Å². The molecule has 0 bridgehead atoms. The molecule has 2 heterocycles. The average Bonchev–Trinajstić information content (AvgIpc) is 3.66. The fraction of sp³-hybridized carbons (Fsp3) is 0.545. The van der Waals surface area contributed by atoms with Crippen LogP contribution in [-0.4, -0.2) is 12.3 Å². The maximum Gasteiger partial charge on any atom is 0.263 e. The van der Waals surface area contributed by atoms with Crippen molar-refractivity contribution in [2.45, 2.75) is 154 Å². The third-order valence-corrected chi connectivity index (χ3v) is 13.9. The minimum Gasteiger partial charge on any atom is -0.871 e. The number of carbonyl (C=O) groups is 1. The van der Waals surface area contributed by atoms with Crippen molar-refractivity contribution in [1.29, 1.82) is 0 Å². The van der Waals surface area contributed by atoms with Crippen LogP contribution < -0.4 is 14.6 Å². The number of fused-ring (bicyclic) bond motifs is 2. The Morgan fingerprint density at radius 3 is 1.88 bits per heavy atom. The van der Waals surface area contributed by atoms with Gasteiger partial charge in [-0.05, 0) is 94.4 Å². The van der Waals surface area contributed by atoms with Gasteiger partial charge in [-0.3, -0.25) is 4.79 Å². The standard InChI is InChI=1S/C44H58I2N2O2S2/c1-3-5-7-9-11-13-15-17-19-21-27-47-37-25-23-33(45)29-39(37)51-41(47)31-35-43(49)36(44(35)50)32-42-48(38-26-24-34(46)30-40(38)52-42)28-22-20-18-16-14-12-10-8-6-4-2/h23-26,29-32H,3-22,27-28H2,1-2H3. The Bertz CT molecular complexity index is 1730. The summed E-state index contributed by atoms with van der Waals surface area (Å²) >= 11 is 8.11. The molecule has 1 aliphatic carbocycles. The number of rotatable bonds is 24. The average molecular weight is 965 g/mol. The maximum atomic E-state index is 13.7. The van der Waals surface area contributed by atoms with E-state index >= 15 is 0 Å². The Morgan fingerprint density at radius 2 is 1.27 bits per heavy atom. The van der Waals surface area contributed by atoms with Crippen LogP contribution in [0, 0.1) is 7.14 Å². The van der Waals surface area contributed by atoms with Crippen molar-refractivity contribution in [1.82, 2.24) is 0 Å². The number of aryl methyl sites for hydroxylation is 1. The molecule has 2 aliphatic rings. The van der Waals surface area contributed by atoms with Gasteiger partial charge in [0, 0.05) is 48.3 Å². The van der Waals surface area contributed by atoms with Gasteiger partial charge in [0.2, 0.25) is 5.52 Å². The lowest BCUT2D eigenvalue weighted by Gasteiger charge is -2.29. The Hall–Kier alpha value is -1.37. The smallest absolute Gasteiger partial charge is 0.263 e. The number of hydrogen-bond acceptors (Lipinski definition) is 5. The molecule has 2 aromatic carbocycles. The van der Waals surface area contributed by atoms with E-state index < -0.39 is 0 Å². The van der Waals surface area contributed by atoms with Gasteiger partial charge in [0.15, 0.2) is 12.3 Å². The number of nitrogens with zero attached hydrogens (tertiary/aromatic N) is 2. The van der Waals surface area contributed by atoms with Gasteiger partial charge in [-0.25, -0.2) is 0 Å². The second kappa shape index (κ2) is 22.2. The fourth-order valence-corrected chi connectivity index (χ4v) is 11.0. The van der Waals surface area contributed by atoms with Crippen LogP contribution in [0.2, 0.25) is 0 Å². The number of Topliss-reactive ketones (excluding diaryl/α,β-unsaturated/α-hetero) is 1. The normalized spacial score (nSPS) is 15.8. The molecule has 1 aromatic heterocycles. The highest BCUT2D eigenvalue weighted by atomic mass is 127. The van der Waals surface area contributed by atoms with Crippen molar-refractivity contribution < 1.29 is 14.5 Å². The summed E-state index contributed by atoms with van der Waals surface area (Å²) in [5.41, 5.74) is 3.02. The SMILES string of the molecule is CCCCCCCCCCCCN1/C(=C/C2=C([O-])C(=C/c3sc4cc(I)ccc4[n+]3CCCCCCCCCCCC)/C2=O)Sc2cc(I)ccc21. The number of aromatic nitrogens is 1. The zero-order chi connectivity index (χ0) is 36.7. The molecule has 0 N–H and O–H groups in total. The molecular formula is C44H58I2N2O2S2. The van der Waals surface area contributed by atoms with Crippen LogP contribution in [-0.2, 0) is 11.3 Å². The molecule has 0 spiro atoms. The first-order chi connectivity index (χ1) is 25.4. The Kier molecular flexibility index (Phi) is 17.9. The summed E-state index contributed by atoms with van der Waals surface area (Å²) in [6.07, 6.45) is 29.8. The molecule has 1 aliphatic heterocycles. The van der Waals surface area contributed by atoms with Gasteiger partial charge in [0.05, 0.1) is 10.7 Å². The summed E-state index contributed by atoms with van der Waals surface area (Å²) in [6, 6.07) is 13.1. The largest absolute Gasteiger partial charge is 0.871 e. The zero-order valence-electron chi connectivity index (χ0n) is 31.5. The topological polar surface area (TPSA) is 47.2 Å². The number of ketones is 1. The van der Waals surface area contributed by atoms with E-state index in [4.69, 9.17) is 0 Å². The molecule has 0 radical (unpaired) electrons. The van der Waals surface area contributed by atoms with Crippen molar-refractivity contribution in [2.24, 2.45) is 0 Å². The Labute approximate surface area is 349 Å². The van der Waals surface area contributed by atoms with Crippen molar-refractivity contribution >= 4 is 96.0 Å². The van der Waals surface area contributed by atoms with Gasteiger partial charge in [0.1, 0.15) is 4.70 Å². The van der Waals surface area contributed by atoms with Crippen LogP contribution in [0.15, 0.2) is 69.3 Å². The van der Waals surface area contributed by atoms with Crippen LogP contribution in [0.1, 0.15) is 147 Å². The highest BCUT2D eigenvalue weighted by Crippen LogP contribution is 2.48. The van der Waals surface area contributed by atoms with E-state index in [1.165, 1.54) is 144 Å². The monoisotopic (exact) mass is 964 g/mol. The molecule has 0 saturated carbocycles. The molecule has 4 nitrogen and oxygen atoms in total. The van der Waals surface area contributed by atoms with Gasteiger partial charge in [-0.2, -0.15) is 4.57 Å². The van der Waals surface area contributed by atoms with Crippen molar-refractivity contribution in [3.63, 3.8) is 0 Å². The highest BCUT2D eigenvalue weighted by molar-refractivity contribution is 14.1. The van der Waals surface area contributed by atoms with E-state index in [0.717, 1.165) is 36.0 Å². The van der Waals surface area contributed by atoms with Gasteiger partial charge >= 0.3 is 0 Å². The van der Waals surface area contributed by atoms with Crippen LogP contribution in [0.5, 0.6) is 0 Å². The molecule has 0 unspecified atom stereocenters. The van der Waals surface area contributed by atoms with Crippen LogP contribution >= 0.6 is 68.3 Å². The summed E-state index contributed by atoms with van der Waals surface area (Å²) < 4.78 is 5.93. The third-order valence-electron chi connectivity index (χ3n) is 10.4. The van der Waals surface area contributed by atoms with E-state index in [9.17, 15) is 9.90 Å². The molecule has 0 amide bonds. The highest BCUT2D eigenvalue weighted by Gasteiger charge is 2.32. The summed E-state index contributed by atoms with van der Waals surface area (Å²) in [7, 11) is 0. The van der Waals surface area contributed by atoms with Gasteiger partial charge in [-0.15, -0.1) is 0 Å². The number of carbonyl (C=O) groups excluding carboxylic acids is 1. The molecule has 3 aromatic rings. The zero-order valence-corrected chi connectivity index (χ0v) is 37.4. The van der Waals surface area contributed by atoms with Gasteiger partial charge in [-0.1, -0.05) is 152 Å². The van der Waals surface area contributed by atoms with Crippen LogP contribution in [0.25, 0.3) is 16.3 Å². The maximum absolute atomic E-state index is 13.7. The quantitative estimate of drug-likeness (QED) is 0.0388. The van der Waals surface area contributed by atoms with Crippen molar-refractivity contribution in [3.05, 3.63) is 76.6 Å². The molecule has 5 rings (SSSR count). The minimum atomic E-state index is -0.125. The first-order valence-corrected chi connectivity index (χ1v) is 24.0. The van der Waals surface area contributed by atoms with E-state index in [-0.39, 0.29) is 11.5 Å². The molecule has 0 fully saturated rings. The summed E-state index contributed by atoms with van der Waals surface area (Å²) in [6.45, 7) is 6.35. The van der Waals surface area contributed by atoms with Gasteiger partial charge < -0.3 is 10.0 Å². The number of thiazole rings is 1. The summed E-state index contributed by atoms with van der Waals surface area (Å²) in [5, 5.41) is 15.7. The predicted octanol–water partition coefficient (Wildman–Crippen LogP) is 13.3. The summed E-state index contributed by atoms with van der Waals surface area (Å²) in [4.78, 5) is 17.2. The Balaban J connectivity index is 1.23. The molecule has 8 heteroatoms. The predicted molar refractivity (Wildman–Crippen MR) is 239 cm³/mol. The lowest BCUT2D eigenvalue weighted by molar-refractivity contribution is -0.669.